The second kappa shape index (κ2) is 8.46. The van der Waals surface area contributed by atoms with Crippen LogP contribution in [0.2, 0.25) is 0 Å². The zero-order chi connectivity index (χ0) is 23.8. The number of hydrogen-bond acceptors (Lipinski definition) is 6. The monoisotopic (exact) mass is 444 g/mol. The maximum atomic E-state index is 13.0. The smallest absolute Gasteiger partial charge is 0.261 e. The van der Waals surface area contributed by atoms with Gasteiger partial charge in [0.2, 0.25) is 0 Å². The zero-order valence-electron chi connectivity index (χ0n) is 18.9. The molecule has 1 aromatic heterocycles. The lowest BCUT2D eigenvalue weighted by Crippen LogP contribution is -2.29. The van der Waals surface area contributed by atoms with Crippen molar-refractivity contribution in [2.75, 3.05) is 12.4 Å². The third-order valence-corrected chi connectivity index (χ3v) is 5.31. The summed E-state index contributed by atoms with van der Waals surface area (Å²) < 4.78 is 5.35. The number of rotatable bonds is 5. The van der Waals surface area contributed by atoms with Crippen molar-refractivity contribution >= 4 is 23.4 Å². The van der Waals surface area contributed by atoms with Crippen molar-refractivity contribution in [3.63, 3.8) is 0 Å². The van der Waals surface area contributed by atoms with Crippen molar-refractivity contribution in [2.24, 2.45) is 0 Å². The van der Waals surface area contributed by atoms with Gasteiger partial charge in [0, 0.05) is 5.41 Å². The lowest BCUT2D eigenvalue weighted by molar-refractivity contribution is 0.0642. The molecule has 4 rings (SSSR count). The molecule has 0 fully saturated rings. The molecule has 0 saturated carbocycles. The Balaban J connectivity index is 1.55. The molecule has 2 heterocycles. The first-order valence-electron chi connectivity index (χ1n) is 10.4. The average Bonchev–Trinajstić information content (AvgIpc) is 3.04. The second-order valence-corrected chi connectivity index (χ2v) is 8.78. The highest BCUT2D eigenvalue weighted by atomic mass is 16.5. The predicted octanol–water partition coefficient (Wildman–Crippen LogP) is 3.83. The molecule has 0 unspecified atom stereocenters. The van der Waals surface area contributed by atoms with E-state index in [9.17, 15) is 14.4 Å². The van der Waals surface area contributed by atoms with Crippen LogP contribution in [0.3, 0.4) is 0 Å². The number of carbonyl (C=O) groups is 3. The van der Waals surface area contributed by atoms with E-state index >= 15 is 0 Å². The number of anilines is 1. The van der Waals surface area contributed by atoms with Crippen LogP contribution >= 0.6 is 0 Å². The number of nitrogens with zero attached hydrogens (tertiary/aromatic N) is 3. The second-order valence-electron chi connectivity index (χ2n) is 8.78. The minimum absolute atomic E-state index is 0.0417. The van der Waals surface area contributed by atoms with Crippen LogP contribution in [0.25, 0.3) is 0 Å². The number of ether oxygens (including phenoxy) is 1. The number of amides is 3. The molecule has 3 amide bonds. The molecule has 1 aliphatic rings. The highest BCUT2D eigenvalue weighted by Crippen LogP contribution is 2.27. The summed E-state index contributed by atoms with van der Waals surface area (Å²) in [6.07, 6.45) is 3.11. The number of aromatic nitrogens is 2. The molecule has 0 bridgehead atoms. The summed E-state index contributed by atoms with van der Waals surface area (Å²) in [7, 11) is 1.47. The summed E-state index contributed by atoms with van der Waals surface area (Å²) in [6.45, 7) is 6.06. The van der Waals surface area contributed by atoms with E-state index in [0.29, 0.717) is 34.0 Å². The zero-order valence-corrected chi connectivity index (χ0v) is 18.9. The van der Waals surface area contributed by atoms with Gasteiger partial charge in [-0.05, 0) is 29.8 Å². The molecule has 8 heteroatoms. The summed E-state index contributed by atoms with van der Waals surface area (Å²) >= 11 is 0. The van der Waals surface area contributed by atoms with Gasteiger partial charge in [-0.15, -0.1) is 0 Å². The summed E-state index contributed by atoms with van der Waals surface area (Å²) in [4.78, 5) is 48.2. The number of hydrogen-bond donors (Lipinski definition) is 1. The first-order chi connectivity index (χ1) is 15.7. The summed E-state index contributed by atoms with van der Waals surface area (Å²) in [5.41, 5.74) is 1.90. The minimum Gasteiger partial charge on any atom is -0.496 e. The number of nitrogens with one attached hydrogen (secondary N) is 1. The van der Waals surface area contributed by atoms with Gasteiger partial charge >= 0.3 is 0 Å². The SMILES string of the molecule is COc1ccc(CN2C(=O)c3ccccc3C2=O)cc1C(=O)Nc1cnc(C(C)(C)C)nc1. The Hall–Kier alpha value is -4.07. The topological polar surface area (TPSA) is 101 Å². The van der Waals surface area contributed by atoms with Gasteiger partial charge in [-0.2, -0.15) is 0 Å². The predicted molar refractivity (Wildman–Crippen MR) is 122 cm³/mol. The normalized spacial score (nSPS) is 13.2. The maximum Gasteiger partial charge on any atom is 0.261 e. The van der Waals surface area contributed by atoms with Gasteiger partial charge in [0.1, 0.15) is 11.6 Å². The molecule has 0 spiro atoms. The lowest BCUT2D eigenvalue weighted by Gasteiger charge is -2.17. The van der Waals surface area contributed by atoms with E-state index in [1.54, 1.807) is 54.9 Å². The van der Waals surface area contributed by atoms with Gasteiger partial charge < -0.3 is 10.1 Å². The van der Waals surface area contributed by atoms with Crippen molar-refractivity contribution in [1.29, 1.82) is 0 Å². The van der Waals surface area contributed by atoms with Gasteiger partial charge in [-0.1, -0.05) is 39.0 Å². The van der Waals surface area contributed by atoms with Crippen molar-refractivity contribution < 1.29 is 19.1 Å². The number of methoxy groups -OCH3 is 1. The van der Waals surface area contributed by atoms with E-state index < -0.39 is 5.91 Å². The highest BCUT2D eigenvalue weighted by molar-refractivity contribution is 6.21. The Morgan fingerprint density at radius 3 is 2.15 bits per heavy atom. The molecule has 0 saturated heterocycles. The molecule has 0 atom stereocenters. The van der Waals surface area contributed by atoms with E-state index in [1.807, 2.05) is 20.8 Å². The largest absolute Gasteiger partial charge is 0.496 e. The van der Waals surface area contributed by atoms with Crippen molar-refractivity contribution in [1.82, 2.24) is 14.9 Å². The summed E-state index contributed by atoms with van der Waals surface area (Å²) in [6, 6.07) is 11.7. The molecule has 33 heavy (non-hydrogen) atoms. The molecular weight excluding hydrogens is 420 g/mol. The Morgan fingerprint density at radius 2 is 1.61 bits per heavy atom. The van der Waals surface area contributed by atoms with Crippen LogP contribution in [-0.2, 0) is 12.0 Å². The Morgan fingerprint density at radius 1 is 1.00 bits per heavy atom. The standard InChI is InChI=1S/C25H24N4O4/c1-25(2,3)24-26-12-16(13-27-24)28-21(30)19-11-15(9-10-20(19)33-4)14-29-22(31)17-7-5-6-8-18(17)23(29)32/h5-13H,14H2,1-4H3,(H,28,30). The van der Waals surface area contributed by atoms with Gasteiger partial charge in [0.15, 0.2) is 0 Å². The van der Waals surface area contributed by atoms with E-state index in [-0.39, 0.29) is 29.3 Å². The van der Waals surface area contributed by atoms with E-state index in [2.05, 4.69) is 15.3 Å². The maximum absolute atomic E-state index is 13.0. The van der Waals surface area contributed by atoms with Crippen LogP contribution in [0.15, 0.2) is 54.9 Å². The highest BCUT2D eigenvalue weighted by Gasteiger charge is 2.35. The van der Waals surface area contributed by atoms with Crippen molar-refractivity contribution in [3.05, 3.63) is 82.9 Å². The van der Waals surface area contributed by atoms with E-state index in [1.165, 1.54) is 12.0 Å². The number of carbonyl (C=O) groups excluding carboxylic acids is 3. The summed E-state index contributed by atoms with van der Waals surface area (Å²) in [5, 5.41) is 2.77. The van der Waals surface area contributed by atoms with Crippen molar-refractivity contribution in [3.8, 4) is 5.75 Å². The fourth-order valence-corrected chi connectivity index (χ4v) is 3.57. The Kier molecular flexibility index (Phi) is 5.68. The quantitative estimate of drug-likeness (QED) is 0.600. The van der Waals surface area contributed by atoms with Gasteiger partial charge in [-0.25, -0.2) is 9.97 Å². The summed E-state index contributed by atoms with van der Waals surface area (Å²) in [5.74, 6) is -0.0861. The average molecular weight is 444 g/mol. The third kappa shape index (κ3) is 4.32. The molecule has 168 valence electrons. The first-order valence-corrected chi connectivity index (χ1v) is 10.4. The first kappa shape index (κ1) is 22.1. The molecule has 3 aromatic rings. The van der Waals surface area contributed by atoms with Crippen molar-refractivity contribution in [2.45, 2.75) is 32.7 Å². The van der Waals surface area contributed by atoms with Crippen LogP contribution in [0.4, 0.5) is 5.69 Å². The van der Waals surface area contributed by atoms with Gasteiger partial charge in [0.05, 0.1) is 48.4 Å². The van der Waals surface area contributed by atoms with Gasteiger partial charge in [0.25, 0.3) is 17.7 Å². The van der Waals surface area contributed by atoms with Crippen LogP contribution in [0, 0.1) is 0 Å². The van der Waals surface area contributed by atoms with Crippen LogP contribution in [0.5, 0.6) is 5.75 Å². The molecule has 1 aliphatic heterocycles. The molecular formula is C25H24N4O4. The molecule has 0 aliphatic carbocycles. The molecule has 0 radical (unpaired) electrons. The number of fused-ring (bicyclic) bond motifs is 1. The number of benzene rings is 2. The van der Waals surface area contributed by atoms with Crippen LogP contribution in [-0.4, -0.2) is 39.7 Å². The van der Waals surface area contributed by atoms with E-state index in [4.69, 9.17) is 4.74 Å². The fraction of sp³-hybridized carbons (Fsp3) is 0.240. The van der Waals surface area contributed by atoms with Gasteiger partial charge in [-0.3, -0.25) is 19.3 Å². The van der Waals surface area contributed by atoms with Crippen LogP contribution < -0.4 is 10.1 Å². The third-order valence-electron chi connectivity index (χ3n) is 5.31. The fourth-order valence-electron chi connectivity index (χ4n) is 3.57. The lowest BCUT2D eigenvalue weighted by atomic mass is 9.96. The molecule has 8 nitrogen and oxygen atoms in total. The van der Waals surface area contributed by atoms with E-state index in [0.717, 1.165) is 0 Å². The molecule has 2 aromatic carbocycles. The van der Waals surface area contributed by atoms with Crippen LogP contribution in [0.1, 0.15) is 63.2 Å². The Labute approximate surface area is 191 Å². The molecule has 1 N–H and O–H groups in total. The Bertz CT molecular complexity index is 1210. The minimum atomic E-state index is -0.414. The number of imide groups is 1.